The van der Waals surface area contributed by atoms with Crippen molar-refractivity contribution in [2.75, 3.05) is 45.6 Å². The van der Waals surface area contributed by atoms with Crippen LogP contribution in [0, 0.1) is 0 Å². The van der Waals surface area contributed by atoms with Crippen LogP contribution in [0.4, 0.5) is 10.5 Å². The summed E-state index contributed by atoms with van der Waals surface area (Å²) in [6.07, 6.45) is 1.01. The van der Waals surface area contributed by atoms with E-state index >= 15 is 0 Å². The van der Waals surface area contributed by atoms with Crippen molar-refractivity contribution in [3.8, 4) is 11.1 Å². The van der Waals surface area contributed by atoms with Gasteiger partial charge >= 0.3 is 6.09 Å². The van der Waals surface area contributed by atoms with Gasteiger partial charge < -0.3 is 19.9 Å². The quantitative estimate of drug-likeness (QED) is 0.439. The van der Waals surface area contributed by atoms with E-state index in [-0.39, 0.29) is 12.0 Å². The predicted octanol–water partition coefficient (Wildman–Crippen LogP) is 4.86. The van der Waals surface area contributed by atoms with Crippen molar-refractivity contribution in [3.63, 3.8) is 0 Å². The van der Waals surface area contributed by atoms with E-state index in [0.29, 0.717) is 12.1 Å². The number of nitrogens with zero attached hydrogens (tertiary/aromatic N) is 2. The number of hydrogen-bond donors (Lipinski definition) is 2. The summed E-state index contributed by atoms with van der Waals surface area (Å²) in [5, 5.41) is 6.04. The van der Waals surface area contributed by atoms with Crippen LogP contribution in [-0.2, 0) is 11.3 Å². The smallest absolute Gasteiger partial charge is 0.411 e. The van der Waals surface area contributed by atoms with Gasteiger partial charge in [-0.2, -0.15) is 0 Å². The Morgan fingerprint density at radius 2 is 1.70 bits per heavy atom. The summed E-state index contributed by atoms with van der Waals surface area (Å²) < 4.78 is 5.74. The molecule has 194 valence electrons. The molecule has 0 radical (unpaired) electrons. The van der Waals surface area contributed by atoms with Crippen LogP contribution in [-0.4, -0.2) is 68.2 Å². The molecule has 3 aromatic carbocycles. The van der Waals surface area contributed by atoms with Crippen molar-refractivity contribution in [1.29, 1.82) is 0 Å². The number of nitrogens with one attached hydrogen (secondary N) is 2. The Morgan fingerprint density at radius 1 is 0.973 bits per heavy atom. The van der Waals surface area contributed by atoms with E-state index in [1.165, 1.54) is 0 Å². The summed E-state index contributed by atoms with van der Waals surface area (Å²) in [5.74, 6) is 0.0311. The van der Waals surface area contributed by atoms with Crippen LogP contribution < -0.4 is 10.6 Å². The molecule has 0 bridgehead atoms. The Hall–Kier alpha value is -3.68. The fraction of sp³-hybridized carbons (Fsp3) is 0.333. The lowest BCUT2D eigenvalue weighted by Gasteiger charge is -2.32. The molecule has 2 amide bonds. The zero-order valence-electron chi connectivity index (χ0n) is 21.7. The summed E-state index contributed by atoms with van der Waals surface area (Å²) in [4.78, 5) is 29.6. The fourth-order valence-electron chi connectivity index (χ4n) is 4.63. The Morgan fingerprint density at radius 3 is 2.46 bits per heavy atom. The molecule has 0 atom stereocenters. The number of amides is 2. The Kier molecular flexibility index (Phi) is 9.29. The van der Waals surface area contributed by atoms with Crippen molar-refractivity contribution >= 4 is 17.7 Å². The lowest BCUT2D eigenvalue weighted by molar-refractivity contribution is 0.0540. The first kappa shape index (κ1) is 26.4. The van der Waals surface area contributed by atoms with Crippen LogP contribution in [0.1, 0.15) is 28.8 Å². The highest BCUT2D eigenvalue weighted by Crippen LogP contribution is 2.28. The largest absolute Gasteiger partial charge is 0.446 e. The normalized spacial score (nSPS) is 14.2. The van der Waals surface area contributed by atoms with E-state index in [0.717, 1.165) is 61.4 Å². The summed E-state index contributed by atoms with van der Waals surface area (Å²) in [5.41, 5.74) is 4.54. The molecule has 2 N–H and O–H groups in total. The highest BCUT2D eigenvalue weighted by molar-refractivity contribution is 5.94. The number of carbonyl (C=O) groups excluding carboxylic acids is 2. The molecule has 7 heteroatoms. The number of para-hydroxylation sites is 1. The molecule has 1 aliphatic rings. The highest BCUT2D eigenvalue weighted by atomic mass is 16.6. The third-order valence-corrected chi connectivity index (χ3v) is 6.71. The minimum Gasteiger partial charge on any atom is -0.446 e. The number of hydrogen-bond acceptors (Lipinski definition) is 5. The molecule has 0 aliphatic carbocycles. The van der Waals surface area contributed by atoms with Gasteiger partial charge in [-0.3, -0.25) is 10.1 Å². The second-order valence-electron chi connectivity index (χ2n) is 9.44. The van der Waals surface area contributed by atoms with Gasteiger partial charge in [0.15, 0.2) is 0 Å². The van der Waals surface area contributed by atoms with Crippen LogP contribution in [0.3, 0.4) is 0 Å². The molecule has 1 fully saturated rings. The van der Waals surface area contributed by atoms with E-state index < -0.39 is 6.09 Å². The van der Waals surface area contributed by atoms with Gasteiger partial charge in [0.1, 0.15) is 6.10 Å². The molecule has 0 saturated carbocycles. The van der Waals surface area contributed by atoms with Crippen LogP contribution >= 0.6 is 0 Å². The molecule has 7 nitrogen and oxygen atoms in total. The van der Waals surface area contributed by atoms with Crippen LogP contribution in [0.25, 0.3) is 11.1 Å². The van der Waals surface area contributed by atoms with Crippen LogP contribution in [0.5, 0.6) is 0 Å². The Labute approximate surface area is 219 Å². The summed E-state index contributed by atoms with van der Waals surface area (Å²) in [7, 11) is 3.74. The minimum atomic E-state index is -0.423. The van der Waals surface area contributed by atoms with Gasteiger partial charge in [0.05, 0.1) is 5.69 Å². The molecule has 1 saturated heterocycles. The maximum absolute atomic E-state index is 12.8. The number of likely N-dealkylation sites (tertiary alicyclic amines) is 1. The zero-order chi connectivity index (χ0) is 26.0. The van der Waals surface area contributed by atoms with Crippen LogP contribution in [0.2, 0.25) is 0 Å². The standard InChI is InChI=1S/C30H36N4O3/c1-31-22-23-9-8-12-25(21-23)29(35)33(2)19-20-34-17-15-26(16-18-34)37-30(36)32-28-14-7-6-13-27(28)24-10-4-3-5-11-24/h3-14,21,26,31H,15-20,22H2,1-2H3,(H,32,36). The third kappa shape index (κ3) is 7.41. The minimum absolute atomic E-state index is 0.0311. The van der Waals surface area contributed by atoms with E-state index in [4.69, 9.17) is 4.74 Å². The lowest BCUT2D eigenvalue weighted by Crippen LogP contribution is -2.42. The molecule has 1 aliphatic heterocycles. The van der Waals surface area contributed by atoms with Crippen LogP contribution in [0.15, 0.2) is 78.9 Å². The summed E-state index contributed by atoms with van der Waals surface area (Å²) in [6, 6.07) is 25.5. The number of likely N-dealkylation sites (N-methyl/N-ethyl adjacent to an activating group) is 1. The van der Waals surface area contributed by atoms with Gasteiger partial charge in [-0.05, 0) is 49.2 Å². The first-order chi connectivity index (χ1) is 18.0. The zero-order valence-corrected chi connectivity index (χ0v) is 21.7. The van der Waals surface area contributed by atoms with E-state index in [9.17, 15) is 9.59 Å². The first-order valence-electron chi connectivity index (χ1n) is 12.9. The number of piperidine rings is 1. The van der Waals surface area contributed by atoms with Gasteiger partial charge in [-0.15, -0.1) is 0 Å². The van der Waals surface area contributed by atoms with E-state index in [2.05, 4.69) is 15.5 Å². The predicted molar refractivity (Wildman–Crippen MR) is 148 cm³/mol. The van der Waals surface area contributed by atoms with Crippen molar-refractivity contribution < 1.29 is 14.3 Å². The molecular formula is C30H36N4O3. The van der Waals surface area contributed by atoms with Crippen molar-refractivity contribution in [1.82, 2.24) is 15.1 Å². The molecule has 4 rings (SSSR count). The highest BCUT2D eigenvalue weighted by Gasteiger charge is 2.23. The number of rotatable bonds is 9. The SMILES string of the molecule is CNCc1cccc(C(=O)N(C)CCN2CCC(OC(=O)Nc3ccccc3-c3ccccc3)CC2)c1. The first-order valence-corrected chi connectivity index (χ1v) is 12.9. The topological polar surface area (TPSA) is 73.9 Å². The molecule has 0 unspecified atom stereocenters. The van der Waals surface area contributed by atoms with Gasteiger partial charge in [0.2, 0.25) is 0 Å². The molecule has 3 aromatic rings. The number of carbonyl (C=O) groups is 2. The molecule has 37 heavy (non-hydrogen) atoms. The maximum Gasteiger partial charge on any atom is 0.411 e. The third-order valence-electron chi connectivity index (χ3n) is 6.71. The maximum atomic E-state index is 12.8. The number of anilines is 1. The molecule has 0 spiro atoms. The van der Waals surface area contributed by atoms with Gasteiger partial charge in [-0.25, -0.2) is 4.79 Å². The average Bonchev–Trinajstić information content (AvgIpc) is 2.93. The van der Waals surface area contributed by atoms with Gasteiger partial charge in [0, 0.05) is 50.9 Å². The molecule has 0 aromatic heterocycles. The molecule has 1 heterocycles. The number of ether oxygens (including phenoxy) is 1. The van der Waals surface area contributed by atoms with Crippen molar-refractivity contribution in [2.24, 2.45) is 0 Å². The van der Waals surface area contributed by atoms with Crippen molar-refractivity contribution in [2.45, 2.75) is 25.5 Å². The van der Waals surface area contributed by atoms with E-state index in [1.54, 1.807) is 4.90 Å². The van der Waals surface area contributed by atoms with Gasteiger partial charge in [-0.1, -0.05) is 60.7 Å². The Balaban J connectivity index is 1.21. The van der Waals surface area contributed by atoms with Crippen molar-refractivity contribution in [3.05, 3.63) is 90.0 Å². The number of benzene rings is 3. The second-order valence-corrected chi connectivity index (χ2v) is 9.44. The average molecular weight is 501 g/mol. The summed E-state index contributed by atoms with van der Waals surface area (Å²) in [6.45, 7) is 3.84. The van der Waals surface area contributed by atoms with Gasteiger partial charge in [0.25, 0.3) is 5.91 Å². The van der Waals surface area contributed by atoms with E-state index in [1.807, 2.05) is 93.0 Å². The second kappa shape index (κ2) is 13.0. The fourth-order valence-corrected chi connectivity index (χ4v) is 4.63. The lowest BCUT2D eigenvalue weighted by atomic mass is 10.0. The summed E-state index contributed by atoms with van der Waals surface area (Å²) >= 11 is 0. The monoisotopic (exact) mass is 500 g/mol. The molecular weight excluding hydrogens is 464 g/mol. The Bertz CT molecular complexity index is 1180.